The number of ether oxygens (including phenoxy) is 1. The molecule has 2 aromatic rings. The van der Waals surface area contributed by atoms with Crippen LogP contribution in [0.3, 0.4) is 0 Å². The molecule has 2 aromatic heterocycles. The molecule has 0 unspecified atom stereocenters. The SMILES string of the molecule is CN(C)c1cncc(O[C@H]2CCN(C(=O)c3ccc(C(F)(F)F)nc3)C2)n1. The molecule has 1 saturated heterocycles. The second-order valence-corrected chi connectivity index (χ2v) is 6.32. The zero-order valence-electron chi connectivity index (χ0n) is 14.8. The quantitative estimate of drug-likeness (QED) is 0.809. The molecule has 3 heterocycles. The largest absolute Gasteiger partial charge is 0.471 e. The molecule has 1 atom stereocenters. The first-order valence-electron chi connectivity index (χ1n) is 8.22. The Morgan fingerprint density at radius 1 is 1.26 bits per heavy atom. The number of hydrogen-bond acceptors (Lipinski definition) is 6. The third-order valence-corrected chi connectivity index (χ3v) is 4.08. The van der Waals surface area contributed by atoms with Crippen LogP contribution in [0.15, 0.2) is 30.7 Å². The number of carbonyl (C=O) groups excluding carboxylic acids is 1. The molecule has 0 bridgehead atoms. The van der Waals surface area contributed by atoms with Crippen molar-refractivity contribution in [2.24, 2.45) is 0 Å². The predicted octanol–water partition coefficient (Wildman–Crippen LogP) is 2.25. The summed E-state index contributed by atoms with van der Waals surface area (Å²) < 4.78 is 43.5. The monoisotopic (exact) mass is 381 g/mol. The van der Waals surface area contributed by atoms with Crippen LogP contribution in [0.2, 0.25) is 0 Å². The smallest absolute Gasteiger partial charge is 0.433 e. The standard InChI is InChI=1S/C17H18F3N5O2/c1-24(2)14-8-21-9-15(23-14)27-12-5-6-25(10-12)16(26)11-3-4-13(22-7-11)17(18,19)20/h3-4,7-9,12H,5-6,10H2,1-2H3/t12-/m0/s1. The third-order valence-electron chi connectivity index (χ3n) is 4.08. The number of anilines is 1. The van der Waals surface area contributed by atoms with Gasteiger partial charge in [0, 0.05) is 33.3 Å². The molecule has 0 aliphatic carbocycles. The predicted molar refractivity (Wildman–Crippen MR) is 90.5 cm³/mol. The summed E-state index contributed by atoms with van der Waals surface area (Å²) in [5.41, 5.74) is -0.918. The van der Waals surface area contributed by atoms with Gasteiger partial charge in [0.15, 0.2) is 5.82 Å². The number of alkyl halides is 3. The number of hydrogen-bond donors (Lipinski definition) is 0. The lowest BCUT2D eigenvalue weighted by molar-refractivity contribution is -0.141. The van der Waals surface area contributed by atoms with Gasteiger partial charge in [0.2, 0.25) is 5.88 Å². The Morgan fingerprint density at radius 2 is 2.04 bits per heavy atom. The number of rotatable bonds is 4. The normalized spacial score (nSPS) is 17.1. The molecule has 0 radical (unpaired) electrons. The van der Waals surface area contributed by atoms with Crippen molar-refractivity contribution < 1.29 is 22.7 Å². The Kier molecular flexibility index (Phi) is 5.15. The third kappa shape index (κ3) is 4.44. The zero-order valence-corrected chi connectivity index (χ0v) is 14.8. The number of nitrogens with zero attached hydrogens (tertiary/aromatic N) is 5. The van der Waals surface area contributed by atoms with Crippen molar-refractivity contribution in [1.29, 1.82) is 0 Å². The van der Waals surface area contributed by atoms with Gasteiger partial charge >= 0.3 is 6.18 Å². The highest BCUT2D eigenvalue weighted by atomic mass is 19.4. The first-order valence-corrected chi connectivity index (χ1v) is 8.22. The molecule has 1 amide bonds. The summed E-state index contributed by atoms with van der Waals surface area (Å²) in [6.45, 7) is 0.749. The Hall–Kier alpha value is -2.91. The fraction of sp³-hybridized carbons (Fsp3) is 0.412. The fourth-order valence-corrected chi connectivity index (χ4v) is 2.66. The Labute approximate surface area is 153 Å². The molecule has 0 aromatic carbocycles. The number of amides is 1. The van der Waals surface area contributed by atoms with Gasteiger partial charge in [-0.1, -0.05) is 0 Å². The van der Waals surface area contributed by atoms with E-state index in [1.165, 1.54) is 11.1 Å². The Morgan fingerprint density at radius 3 is 2.67 bits per heavy atom. The van der Waals surface area contributed by atoms with E-state index in [9.17, 15) is 18.0 Å². The average molecular weight is 381 g/mol. The molecule has 0 N–H and O–H groups in total. The van der Waals surface area contributed by atoms with Gasteiger partial charge in [0.05, 0.1) is 24.5 Å². The topological polar surface area (TPSA) is 71.5 Å². The van der Waals surface area contributed by atoms with Gasteiger partial charge in [0.1, 0.15) is 11.8 Å². The van der Waals surface area contributed by atoms with Gasteiger partial charge in [-0.05, 0) is 12.1 Å². The van der Waals surface area contributed by atoms with Crippen LogP contribution in [0.1, 0.15) is 22.5 Å². The van der Waals surface area contributed by atoms with Crippen molar-refractivity contribution in [3.8, 4) is 5.88 Å². The van der Waals surface area contributed by atoms with Gasteiger partial charge < -0.3 is 14.5 Å². The lowest BCUT2D eigenvalue weighted by Crippen LogP contribution is -2.31. The minimum Gasteiger partial charge on any atom is -0.471 e. The molecule has 7 nitrogen and oxygen atoms in total. The van der Waals surface area contributed by atoms with Crippen LogP contribution < -0.4 is 9.64 Å². The van der Waals surface area contributed by atoms with Crippen LogP contribution >= 0.6 is 0 Å². The molecule has 10 heteroatoms. The number of aromatic nitrogens is 3. The molecule has 27 heavy (non-hydrogen) atoms. The molecule has 1 aliphatic rings. The minimum atomic E-state index is -4.53. The van der Waals surface area contributed by atoms with Crippen LogP contribution in [0.4, 0.5) is 19.0 Å². The van der Waals surface area contributed by atoms with Crippen molar-refractivity contribution in [2.75, 3.05) is 32.1 Å². The highest BCUT2D eigenvalue weighted by molar-refractivity contribution is 5.94. The molecular formula is C17H18F3N5O2. The number of halogens is 3. The van der Waals surface area contributed by atoms with E-state index in [1.54, 1.807) is 11.1 Å². The Balaban J connectivity index is 1.62. The van der Waals surface area contributed by atoms with Crippen LogP contribution in [0, 0.1) is 0 Å². The lowest BCUT2D eigenvalue weighted by Gasteiger charge is -2.18. The fourth-order valence-electron chi connectivity index (χ4n) is 2.66. The van der Waals surface area contributed by atoms with Gasteiger partial charge in [-0.2, -0.15) is 18.2 Å². The zero-order chi connectivity index (χ0) is 19.6. The number of pyridine rings is 1. The van der Waals surface area contributed by atoms with E-state index in [2.05, 4.69) is 15.0 Å². The highest BCUT2D eigenvalue weighted by Gasteiger charge is 2.33. The summed E-state index contributed by atoms with van der Waals surface area (Å²) in [7, 11) is 3.67. The van der Waals surface area contributed by atoms with E-state index < -0.39 is 11.9 Å². The van der Waals surface area contributed by atoms with Crippen LogP contribution in [0.5, 0.6) is 5.88 Å². The first kappa shape index (κ1) is 18.9. The van der Waals surface area contributed by atoms with Crippen LogP contribution in [-0.2, 0) is 6.18 Å². The maximum Gasteiger partial charge on any atom is 0.433 e. The molecule has 144 valence electrons. The van der Waals surface area contributed by atoms with Crippen molar-refractivity contribution in [2.45, 2.75) is 18.7 Å². The van der Waals surface area contributed by atoms with Crippen molar-refractivity contribution >= 4 is 11.7 Å². The summed E-state index contributed by atoms with van der Waals surface area (Å²) >= 11 is 0. The van der Waals surface area contributed by atoms with E-state index in [0.29, 0.717) is 31.2 Å². The molecule has 1 aliphatic heterocycles. The second kappa shape index (κ2) is 7.37. The summed E-state index contributed by atoms with van der Waals surface area (Å²) in [6.07, 6.45) is -0.148. The van der Waals surface area contributed by atoms with Gasteiger partial charge in [0.25, 0.3) is 5.91 Å². The average Bonchev–Trinajstić information content (AvgIpc) is 3.09. The van der Waals surface area contributed by atoms with E-state index >= 15 is 0 Å². The van der Waals surface area contributed by atoms with Crippen LogP contribution in [0.25, 0.3) is 0 Å². The molecule has 3 rings (SSSR count). The molecule has 0 spiro atoms. The van der Waals surface area contributed by atoms with E-state index in [-0.39, 0.29) is 17.6 Å². The summed E-state index contributed by atoms with van der Waals surface area (Å²) in [6, 6.07) is 1.94. The maximum absolute atomic E-state index is 12.6. The van der Waals surface area contributed by atoms with Crippen LogP contribution in [-0.4, -0.2) is 59.0 Å². The second-order valence-electron chi connectivity index (χ2n) is 6.32. The lowest BCUT2D eigenvalue weighted by atomic mass is 10.2. The Bertz CT molecular complexity index is 811. The van der Waals surface area contributed by atoms with Gasteiger partial charge in [-0.3, -0.25) is 14.8 Å². The van der Waals surface area contributed by atoms with Crippen molar-refractivity contribution in [1.82, 2.24) is 19.9 Å². The summed E-state index contributed by atoms with van der Waals surface area (Å²) in [4.78, 5) is 27.5. The molecule has 1 fully saturated rings. The van der Waals surface area contributed by atoms with Crippen molar-refractivity contribution in [3.05, 3.63) is 42.0 Å². The number of carbonyl (C=O) groups is 1. The van der Waals surface area contributed by atoms with Gasteiger partial charge in [-0.25, -0.2) is 0 Å². The molecular weight excluding hydrogens is 363 g/mol. The maximum atomic E-state index is 12.6. The van der Waals surface area contributed by atoms with Crippen molar-refractivity contribution in [3.63, 3.8) is 0 Å². The number of likely N-dealkylation sites (tertiary alicyclic amines) is 1. The van der Waals surface area contributed by atoms with E-state index in [1.807, 2.05) is 14.1 Å². The first-order chi connectivity index (χ1) is 12.7. The minimum absolute atomic E-state index is 0.109. The summed E-state index contributed by atoms with van der Waals surface area (Å²) in [5, 5.41) is 0. The summed E-state index contributed by atoms with van der Waals surface area (Å²) in [5.74, 6) is 0.626. The van der Waals surface area contributed by atoms with Gasteiger partial charge in [-0.15, -0.1) is 0 Å². The molecule has 0 saturated carbocycles. The van der Waals surface area contributed by atoms with E-state index in [4.69, 9.17) is 4.74 Å². The van der Waals surface area contributed by atoms with E-state index in [0.717, 1.165) is 18.3 Å². The highest BCUT2D eigenvalue weighted by Crippen LogP contribution is 2.27.